The quantitative estimate of drug-likeness (QED) is 0.242. The van der Waals surface area contributed by atoms with Gasteiger partial charge < -0.3 is 23.3 Å². The first-order valence-corrected chi connectivity index (χ1v) is 17.7. The number of rotatable bonds is 6. The van der Waals surface area contributed by atoms with Gasteiger partial charge in [0.05, 0.1) is 52.9 Å². The second-order valence-corrected chi connectivity index (χ2v) is 16.2. The molecular formula is C24H30F6N3O7P3. The fourth-order valence-electron chi connectivity index (χ4n) is 3.72. The zero-order chi connectivity index (χ0) is 30.9. The molecule has 43 heavy (non-hydrogen) atoms. The van der Waals surface area contributed by atoms with E-state index in [0.717, 1.165) is 0 Å². The first-order valence-electron chi connectivity index (χ1n) is 12.9. The number of halogens is 6. The SMILES string of the molecule is FC(F)(F)COP12=NP(OCC(F)(F)F)(=NP(c3ccccc3)(c3ccccc3)=N1)OCCOCCOCCOCCO2. The topological polar surface area (TPSA) is 102 Å². The molecule has 2 aromatic carbocycles. The molecule has 0 spiro atoms. The Bertz CT molecular complexity index is 1270. The molecule has 0 saturated carbocycles. The van der Waals surface area contributed by atoms with Crippen LogP contribution < -0.4 is 10.6 Å². The molecule has 240 valence electrons. The van der Waals surface area contributed by atoms with Crippen LogP contribution in [0.5, 0.6) is 0 Å². The van der Waals surface area contributed by atoms with Crippen molar-refractivity contribution in [2.75, 3.05) is 66.1 Å². The number of hydrogen-bond acceptors (Lipinski definition) is 10. The van der Waals surface area contributed by atoms with Gasteiger partial charge in [-0.2, -0.15) is 35.4 Å². The molecule has 2 atom stereocenters. The molecule has 2 aliphatic rings. The van der Waals surface area contributed by atoms with Gasteiger partial charge >= 0.3 is 27.7 Å². The summed E-state index contributed by atoms with van der Waals surface area (Å²) in [6, 6.07) is 16.5. The lowest BCUT2D eigenvalue weighted by Gasteiger charge is -2.35. The Morgan fingerprint density at radius 1 is 0.535 bits per heavy atom. The fourth-order valence-corrected chi connectivity index (χ4v) is 15.1. The van der Waals surface area contributed by atoms with Gasteiger partial charge in [-0.1, -0.05) is 60.7 Å². The van der Waals surface area contributed by atoms with Crippen molar-refractivity contribution in [3.8, 4) is 0 Å². The molecule has 2 bridgehead atoms. The molecule has 0 saturated heterocycles. The highest BCUT2D eigenvalue weighted by Gasteiger charge is 2.46. The maximum Gasteiger partial charge on any atom is 0.412 e. The van der Waals surface area contributed by atoms with Crippen LogP contribution in [0.15, 0.2) is 74.2 Å². The van der Waals surface area contributed by atoms with Crippen molar-refractivity contribution in [1.82, 2.24) is 0 Å². The number of alkyl halides is 6. The molecule has 0 aromatic heterocycles. The standard InChI is InChI=1S/C24H30F6N3O7P3/c25-23(26,27)19-39-42-31-41(21-7-3-1-4-8-21,22-9-5-2-6-10-22)32-43(33-42,40-20-24(28,29)30)38-18-16-36-14-12-34-11-13-35-15-17-37-42/h1-10H,11-20H2. The van der Waals surface area contributed by atoms with E-state index in [0.29, 0.717) is 10.6 Å². The molecule has 0 fully saturated rings. The van der Waals surface area contributed by atoms with Gasteiger partial charge in [-0.15, -0.1) is 4.52 Å². The monoisotopic (exact) mass is 679 g/mol. The lowest BCUT2D eigenvalue weighted by molar-refractivity contribution is -0.154. The molecule has 2 aliphatic heterocycles. The maximum absolute atomic E-state index is 13.6. The van der Waals surface area contributed by atoms with Gasteiger partial charge in [0.25, 0.3) is 0 Å². The highest BCUT2D eigenvalue weighted by molar-refractivity contribution is 7.89. The van der Waals surface area contributed by atoms with Crippen molar-refractivity contribution < 1.29 is 58.6 Å². The summed E-state index contributed by atoms with van der Waals surface area (Å²) in [5, 5.41) is 0.782. The van der Waals surface area contributed by atoms with E-state index in [9.17, 15) is 26.3 Å². The number of hydrogen-bond donors (Lipinski definition) is 0. The highest BCUT2D eigenvalue weighted by atomic mass is 31.3. The van der Waals surface area contributed by atoms with E-state index in [-0.39, 0.29) is 52.9 Å². The van der Waals surface area contributed by atoms with Crippen molar-refractivity contribution >= 4 is 33.1 Å². The van der Waals surface area contributed by atoms with Gasteiger partial charge in [0, 0.05) is 10.6 Å². The minimum Gasteiger partial charge on any atom is -0.377 e. The summed E-state index contributed by atoms with van der Waals surface area (Å²) in [4.78, 5) is 0. The van der Waals surface area contributed by atoms with Crippen LogP contribution >= 0.6 is 22.5 Å². The van der Waals surface area contributed by atoms with Crippen LogP contribution in [0.3, 0.4) is 0 Å². The van der Waals surface area contributed by atoms with Crippen LogP contribution in [0.1, 0.15) is 0 Å². The molecule has 0 radical (unpaired) electrons. The number of fused-ring (bicyclic) bond motifs is 1. The minimum atomic E-state index is -4.86. The smallest absolute Gasteiger partial charge is 0.377 e. The third kappa shape index (κ3) is 10.2. The van der Waals surface area contributed by atoms with Gasteiger partial charge in [0.2, 0.25) is 0 Å². The van der Waals surface area contributed by atoms with Gasteiger partial charge in [0.15, 0.2) is 13.2 Å². The summed E-state index contributed by atoms with van der Waals surface area (Å²) in [6.45, 7) is -3.96. The summed E-state index contributed by atoms with van der Waals surface area (Å²) >= 11 is 0. The van der Waals surface area contributed by atoms with Crippen LogP contribution in [0.25, 0.3) is 0 Å². The van der Waals surface area contributed by atoms with Gasteiger partial charge in [0.1, 0.15) is 7.21 Å². The zero-order valence-corrected chi connectivity index (χ0v) is 25.3. The average Bonchev–Trinajstić information content (AvgIpc) is 2.97. The Morgan fingerprint density at radius 2 is 0.907 bits per heavy atom. The third-order valence-corrected chi connectivity index (χ3v) is 15.1. The summed E-state index contributed by atoms with van der Waals surface area (Å²) in [5.41, 5.74) is 0. The Balaban J connectivity index is 2.01. The van der Waals surface area contributed by atoms with Crippen LogP contribution in [0, 0.1) is 0 Å². The summed E-state index contributed by atoms with van der Waals surface area (Å²) in [6.07, 6.45) is -9.71. The normalized spacial score (nSPS) is 26.0. The summed E-state index contributed by atoms with van der Waals surface area (Å²) in [5.74, 6) is 0. The second-order valence-electron chi connectivity index (χ2n) is 8.80. The fraction of sp³-hybridized carbons (Fsp3) is 0.500. The van der Waals surface area contributed by atoms with E-state index >= 15 is 0 Å². The Labute approximate surface area is 244 Å². The van der Waals surface area contributed by atoms with Gasteiger partial charge in [-0.05, 0) is 0 Å². The average molecular weight is 679 g/mol. The van der Waals surface area contributed by atoms with Crippen molar-refractivity contribution in [1.29, 1.82) is 0 Å². The first kappa shape index (κ1) is 34.3. The number of ether oxygens (including phenoxy) is 3. The Hall–Kier alpha value is -1.57. The lowest BCUT2D eigenvalue weighted by Crippen LogP contribution is -2.21. The van der Waals surface area contributed by atoms with E-state index in [1.807, 2.05) is 0 Å². The summed E-state index contributed by atoms with van der Waals surface area (Å²) < 4.78 is 134. The van der Waals surface area contributed by atoms with E-state index in [1.165, 1.54) is 0 Å². The zero-order valence-electron chi connectivity index (χ0n) is 22.7. The second kappa shape index (κ2) is 15.1. The van der Waals surface area contributed by atoms with Crippen molar-refractivity contribution in [3.05, 3.63) is 60.7 Å². The van der Waals surface area contributed by atoms with E-state index in [4.69, 9.17) is 41.3 Å². The molecule has 2 aromatic rings. The molecular weight excluding hydrogens is 649 g/mol. The summed E-state index contributed by atoms with van der Waals surface area (Å²) in [7, 11) is -12.6. The lowest BCUT2D eigenvalue weighted by atomic mass is 10.4. The molecule has 2 unspecified atom stereocenters. The Morgan fingerprint density at radius 3 is 1.30 bits per heavy atom. The Kier molecular flexibility index (Phi) is 12.1. The minimum absolute atomic E-state index is 0.128. The van der Waals surface area contributed by atoms with Gasteiger partial charge in [-0.25, -0.2) is 0 Å². The van der Waals surface area contributed by atoms with Crippen LogP contribution in [-0.4, -0.2) is 78.4 Å². The first-order chi connectivity index (χ1) is 20.5. The number of nitrogens with zero attached hydrogens (tertiary/aromatic N) is 3. The van der Waals surface area contributed by atoms with E-state index in [2.05, 4.69) is 4.52 Å². The van der Waals surface area contributed by atoms with Crippen LogP contribution in [0.4, 0.5) is 26.3 Å². The molecule has 0 amide bonds. The molecule has 10 nitrogen and oxygen atoms in total. The largest absolute Gasteiger partial charge is 0.412 e. The predicted octanol–water partition coefficient (Wildman–Crippen LogP) is 6.91. The van der Waals surface area contributed by atoms with Crippen LogP contribution in [-0.2, 0) is 32.3 Å². The predicted molar refractivity (Wildman–Crippen MR) is 149 cm³/mol. The van der Waals surface area contributed by atoms with Gasteiger partial charge in [-0.3, -0.25) is 9.05 Å². The molecule has 4 rings (SSSR count). The van der Waals surface area contributed by atoms with E-state index in [1.54, 1.807) is 60.7 Å². The van der Waals surface area contributed by atoms with Crippen molar-refractivity contribution in [2.45, 2.75) is 12.4 Å². The number of benzene rings is 2. The van der Waals surface area contributed by atoms with Crippen molar-refractivity contribution in [2.24, 2.45) is 13.5 Å². The third-order valence-electron chi connectivity index (χ3n) is 5.45. The molecule has 19 heteroatoms. The molecule has 0 aliphatic carbocycles. The highest BCUT2D eigenvalue weighted by Crippen LogP contribution is 2.79. The van der Waals surface area contributed by atoms with Crippen LogP contribution in [0.2, 0.25) is 0 Å². The van der Waals surface area contributed by atoms with E-state index < -0.39 is 48.1 Å². The molecule has 2 heterocycles. The molecule has 0 N–H and O–H groups in total. The maximum atomic E-state index is 13.6. The van der Waals surface area contributed by atoms with Crippen molar-refractivity contribution in [3.63, 3.8) is 0 Å².